The fourth-order valence-electron chi connectivity index (χ4n) is 1.41. The van der Waals surface area contributed by atoms with E-state index < -0.39 is 0 Å². The quantitative estimate of drug-likeness (QED) is 0.551. The molecule has 0 aromatic heterocycles. The zero-order chi connectivity index (χ0) is 7.68. The molecule has 2 rings (SSSR count). The topological polar surface area (TPSA) is 27.7 Å². The minimum Gasteiger partial charge on any atom is -0.370 e. The first kappa shape index (κ1) is 7.28. The van der Waals surface area contributed by atoms with Crippen molar-refractivity contribution in [3.8, 4) is 0 Å². The average Bonchev–Trinajstić information content (AvgIpc) is 2.40. The smallest absolute Gasteiger partial charge is 0.184 e. The molecule has 0 saturated carbocycles. The number of hydrogen-bond donors (Lipinski definition) is 0. The predicted octanol–water partition coefficient (Wildman–Crippen LogP) is 0.703. The Morgan fingerprint density at radius 1 is 1.36 bits per heavy atom. The highest BCUT2D eigenvalue weighted by Gasteiger charge is 2.37. The van der Waals surface area contributed by atoms with E-state index in [1.54, 1.807) is 0 Å². The average molecular weight is 156 g/mol. The summed E-state index contributed by atoms with van der Waals surface area (Å²) >= 11 is 0. The van der Waals surface area contributed by atoms with Crippen LogP contribution in [0.5, 0.6) is 0 Å². The molecule has 0 aromatic carbocycles. The van der Waals surface area contributed by atoms with E-state index in [1.807, 2.05) is 6.08 Å². The van der Waals surface area contributed by atoms with E-state index in [0.717, 1.165) is 6.42 Å². The third-order valence-corrected chi connectivity index (χ3v) is 1.97. The standard InChI is InChI=1S/C8H12O3/c1-2-3-7-8-10-5-6(11-8)4-9-7/h2,6-8H,1,3-5H2. The van der Waals surface area contributed by atoms with Crippen molar-refractivity contribution in [3.05, 3.63) is 12.7 Å². The molecule has 0 aliphatic carbocycles. The van der Waals surface area contributed by atoms with Gasteiger partial charge in [0.1, 0.15) is 12.2 Å². The molecule has 2 aliphatic heterocycles. The number of fused-ring (bicyclic) bond motifs is 2. The molecule has 2 saturated heterocycles. The molecule has 3 heteroatoms. The van der Waals surface area contributed by atoms with Crippen LogP contribution < -0.4 is 0 Å². The second-order valence-electron chi connectivity index (χ2n) is 2.86. The Labute approximate surface area is 65.9 Å². The van der Waals surface area contributed by atoms with Crippen LogP contribution in [0, 0.1) is 0 Å². The Morgan fingerprint density at radius 3 is 3.00 bits per heavy atom. The van der Waals surface area contributed by atoms with Gasteiger partial charge in [-0.2, -0.15) is 0 Å². The Bertz CT molecular complexity index is 157. The fraction of sp³-hybridized carbons (Fsp3) is 0.750. The lowest BCUT2D eigenvalue weighted by molar-refractivity contribution is -0.195. The lowest BCUT2D eigenvalue weighted by atomic mass is 10.2. The number of hydrogen-bond acceptors (Lipinski definition) is 3. The summed E-state index contributed by atoms with van der Waals surface area (Å²) in [6.07, 6.45) is 2.71. The van der Waals surface area contributed by atoms with E-state index in [1.165, 1.54) is 0 Å². The molecule has 11 heavy (non-hydrogen) atoms. The lowest BCUT2D eigenvalue weighted by Crippen LogP contribution is -2.37. The molecule has 3 atom stereocenters. The molecular weight excluding hydrogens is 144 g/mol. The lowest BCUT2D eigenvalue weighted by Gasteiger charge is -2.26. The maximum absolute atomic E-state index is 5.48. The monoisotopic (exact) mass is 156 g/mol. The van der Waals surface area contributed by atoms with Crippen LogP contribution in [0.3, 0.4) is 0 Å². The van der Waals surface area contributed by atoms with Gasteiger partial charge in [0.2, 0.25) is 0 Å². The number of rotatable bonds is 2. The van der Waals surface area contributed by atoms with Crippen molar-refractivity contribution < 1.29 is 14.2 Å². The molecule has 0 radical (unpaired) electrons. The molecule has 3 nitrogen and oxygen atoms in total. The van der Waals surface area contributed by atoms with Crippen molar-refractivity contribution in [2.45, 2.75) is 24.9 Å². The van der Waals surface area contributed by atoms with Crippen LogP contribution in [0.15, 0.2) is 12.7 Å². The second kappa shape index (κ2) is 2.93. The summed E-state index contributed by atoms with van der Waals surface area (Å²) in [6.45, 7) is 4.99. The first-order valence-electron chi connectivity index (χ1n) is 3.89. The molecule has 2 fully saturated rings. The Hall–Kier alpha value is -0.380. The molecule has 2 heterocycles. The van der Waals surface area contributed by atoms with Crippen LogP contribution in [0.25, 0.3) is 0 Å². The third-order valence-electron chi connectivity index (χ3n) is 1.97. The fourth-order valence-corrected chi connectivity index (χ4v) is 1.41. The van der Waals surface area contributed by atoms with Gasteiger partial charge >= 0.3 is 0 Å². The SMILES string of the molecule is C=CCC1OCC2COC1O2. The molecule has 2 bridgehead atoms. The van der Waals surface area contributed by atoms with E-state index in [0.29, 0.717) is 13.2 Å². The van der Waals surface area contributed by atoms with E-state index in [2.05, 4.69) is 6.58 Å². The van der Waals surface area contributed by atoms with Crippen LogP contribution in [0.2, 0.25) is 0 Å². The summed E-state index contributed by atoms with van der Waals surface area (Å²) in [7, 11) is 0. The summed E-state index contributed by atoms with van der Waals surface area (Å²) in [6, 6.07) is 0. The van der Waals surface area contributed by atoms with Gasteiger partial charge in [0.05, 0.1) is 13.2 Å². The normalized spacial score (nSPS) is 42.4. The number of ether oxygens (including phenoxy) is 3. The summed E-state index contributed by atoms with van der Waals surface area (Å²) in [5.74, 6) is 0. The molecule has 0 spiro atoms. The molecule has 0 aromatic rings. The van der Waals surface area contributed by atoms with Crippen molar-refractivity contribution in [2.75, 3.05) is 13.2 Å². The highest BCUT2D eigenvalue weighted by molar-refractivity contribution is 4.82. The summed E-state index contributed by atoms with van der Waals surface area (Å²) in [4.78, 5) is 0. The second-order valence-corrected chi connectivity index (χ2v) is 2.86. The van der Waals surface area contributed by atoms with E-state index in [4.69, 9.17) is 14.2 Å². The van der Waals surface area contributed by atoms with Gasteiger partial charge in [-0.1, -0.05) is 6.08 Å². The van der Waals surface area contributed by atoms with E-state index >= 15 is 0 Å². The highest BCUT2D eigenvalue weighted by Crippen LogP contribution is 2.24. The zero-order valence-corrected chi connectivity index (χ0v) is 6.36. The van der Waals surface area contributed by atoms with Crippen molar-refractivity contribution in [2.24, 2.45) is 0 Å². The molecular formula is C8H12O3. The summed E-state index contributed by atoms with van der Waals surface area (Å²) in [5.41, 5.74) is 0. The molecule has 0 N–H and O–H groups in total. The Morgan fingerprint density at radius 2 is 2.18 bits per heavy atom. The molecule has 2 aliphatic rings. The molecule has 62 valence electrons. The van der Waals surface area contributed by atoms with E-state index in [-0.39, 0.29) is 18.5 Å². The highest BCUT2D eigenvalue weighted by atomic mass is 16.8. The van der Waals surface area contributed by atoms with Crippen molar-refractivity contribution in [1.29, 1.82) is 0 Å². The van der Waals surface area contributed by atoms with Gasteiger partial charge < -0.3 is 14.2 Å². The van der Waals surface area contributed by atoms with Crippen LogP contribution >= 0.6 is 0 Å². The van der Waals surface area contributed by atoms with E-state index in [9.17, 15) is 0 Å². The molecule has 0 amide bonds. The minimum absolute atomic E-state index is 0.0613. The van der Waals surface area contributed by atoms with Crippen LogP contribution in [0.1, 0.15) is 6.42 Å². The van der Waals surface area contributed by atoms with Gasteiger partial charge in [-0.05, 0) is 6.42 Å². The van der Waals surface area contributed by atoms with Gasteiger partial charge in [-0.15, -0.1) is 6.58 Å². The largest absolute Gasteiger partial charge is 0.370 e. The van der Waals surface area contributed by atoms with Crippen LogP contribution in [0.4, 0.5) is 0 Å². The minimum atomic E-state index is -0.147. The maximum Gasteiger partial charge on any atom is 0.184 e. The van der Waals surface area contributed by atoms with Crippen molar-refractivity contribution in [1.82, 2.24) is 0 Å². The van der Waals surface area contributed by atoms with Crippen LogP contribution in [-0.2, 0) is 14.2 Å². The first-order chi connectivity index (χ1) is 5.40. The third kappa shape index (κ3) is 1.31. The van der Waals surface area contributed by atoms with Crippen molar-refractivity contribution >= 4 is 0 Å². The predicted molar refractivity (Wildman–Crippen MR) is 39.2 cm³/mol. The van der Waals surface area contributed by atoms with Gasteiger partial charge in [-0.3, -0.25) is 0 Å². The Kier molecular flexibility index (Phi) is 1.94. The maximum atomic E-state index is 5.48. The van der Waals surface area contributed by atoms with Gasteiger partial charge in [0.25, 0.3) is 0 Å². The van der Waals surface area contributed by atoms with Crippen molar-refractivity contribution in [3.63, 3.8) is 0 Å². The summed E-state index contributed by atoms with van der Waals surface area (Å²) < 4.78 is 16.3. The zero-order valence-electron chi connectivity index (χ0n) is 6.36. The van der Waals surface area contributed by atoms with Gasteiger partial charge in [-0.25, -0.2) is 0 Å². The Balaban J connectivity index is 1.95. The van der Waals surface area contributed by atoms with Gasteiger partial charge in [0.15, 0.2) is 6.29 Å². The first-order valence-corrected chi connectivity index (χ1v) is 3.89. The molecule has 3 unspecified atom stereocenters. The van der Waals surface area contributed by atoms with Crippen LogP contribution in [-0.4, -0.2) is 31.7 Å². The van der Waals surface area contributed by atoms with Gasteiger partial charge in [0, 0.05) is 0 Å². The summed E-state index contributed by atoms with van der Waals surface area (Å²) in [5, 5.41) is 0.